The van der Waals surface area contributed by atoms with E-state index in [0.717, 1.165) is 0 Å². The third-order valence-electron chi connectivity index (χ3n) is 2.46. The van der Waals surface area contributed by atoms with Gasteiger partial charge in [-0.05, 0) is 20.8 Å². The molecule has 1 heterocycles. The number of hydrogen-bond acceptors (Lipinski definition) is 2. The standard InChI is InChI=1S/C10H15F3N2O2/c1-9(2,3)15-5-4-7(16)14(8(15)17)6-10(11,12)13/h4-6H2,1-3H3. The predicted octanol–water partition coefficient (Wildman–Crippen LogP) is 2.00. The summed E-state index contributed by atoms with van der Waals surface area (Å²) in [4.78, 5) is 24.7. The van der Waals surface area contributed by atoms with Gasteiger partial charge in [0.2, 0.25) is 5.91 Å². The maximum absolute atomic E-state index is 12.2. The highest BCUT2D eigenvalue weighted by molar-refractivity contribution is 5.97. The van der Waals surface area contributed by atoms with Gasteiger partial charge >= 0.3 is 12.2 Å². The van der Waals surface area contributed by atoms with E-state index in [-0.39, 0.29) is 17.9 Å². The number of carbonyl (C=O) groups is 2. The van der Waals surface area contributed by atoms with Gasteiger partial charge in [0.1, 0.15) is 6.54 Å². The van der Waals surface area contributed by atoms with Gasteiger partial charge in [-0.2, -0.15) is 13.2 Å². The van der Waals surface area contributed by atoms with Gasteiger partial charge in [-0.3, -0.25) is 9.69 Å². The van der Waals surface area contributed by atoms with Crippen molar-refractivity contribution in [2.45, 2.75) is 38.9 Å². The Morgan fingerprint density at radius 3 is 2.12 bits per heavy atom. The predicted molar refractivity (Wildman–Crippen MR) is 54.2 cm³/mol. The minimum Gasteiger partial charge on any atom is -0.319 e. The van der Waals surface area contributed by atoms with Crippen molar-refractivity contribution in [3.05, 3.63) is 0 Å². The first kappa shape index (κ1) is 13.8. The number of alkyl halides is 3. The molecule has 1 aliphatic heterocycles. The molecule has 98 valence electrons. The van der Waals surface area contributed by atoms with Crippen LogP contribution >= 0.6 is 0 Å². The molecule has 0 aromatic rings. The molecule has 0 spiro atoms. The lowest BCUT2D eigenvalue weighted by Gasteiger charge is -2.42. The summed E-state index contributed by atoms with van der Waals surface area (Å²) in [5.74, 6) is -0.771. The van der Waals surface area contributed by atoms with Crippen LogP contribution in [0.25, 0.3) is 0 Å². The molecule has 4 nitrogen and oxygen atoms in total. The average molecular weight is 252 g/mol. The van der Waals surface area contributed by atoms with Crippen molar-refractivity contribution in [1.82, 2.24) is 9.80 Å². The molecule has 1 rings (SSSR count). The Kier molecular flexibility index (Phi) is 3.40. The Morgan fingerprint density at radius 2 is 1.71 bits per heavy atom. The highest BCUT2D eigenvalue weighted by Crippen LogP contribution is 2.24. The van der Waals surface area contributed by atoms with Crippen LogP contribution in [0.4, 0.5) is 18.0 Å². The Balaban J connectivity index is 2.89. The van der Waals surface area contributed by atoms with E-state index in [1.165, 1.54) is 4.90 Å². The van der Waals surface area contributed by atoms with Gasteiger partial charge in [-0.1, -0.05) is 0 Å². The minimum atomic E-state index is -4.56. The molecule has 1 fully saturated rings. The quantitative estimate of drug-likeness (QED) is 0.716. The minimum absolute atomic E-state index is 0.0703. The Labute approximate surface area is 97.4 Å². The molecule has 1 saturated heterocycles. The van der Waals surface area contributed by atoms with Gasteiger partial charge in [-0.15, -0.1) is 0 Å². The van der Waals surface area contributed by atoms with Crippen LogP contribution in [0.3, 0.4) is 0 Å². The van der Waals surface area contributed by atoms with Crippen LogP contribution in [0.2, 0.25) is 0 Å². The summed E-state index contributed by atoms with van der Waals surface area (Å²) >= 11 is 0. The largest absolute Gasteiger partial charge is 0.406 e. The highest BCUT2D eigenvalue weighted by atomic mass is 19.4. The first-order valence-corrected chi connectivity index (χ1v) is 5.21. The molecular formula is C10H15F3N2O2. The molecule has 3 amide bonds. The molecule has 0 aromatic carbocycles. The summed E-state index contributed by atoms with van der Waals surface area (Å²) < 4.78 is 36.7. The van der Waals surface area contributed by atoms with E-state index >= 15 is 0 Å². The molecule has 0 radical (unpaired) electrons. The zero-order valence-corrected chi connectivity index (χ0v) is 9.97. The van der Waals surface area contributed by atoms with E-state index in [2.05, 4.69) is 0 Å². The third-order valence-corrected chi connectivity index (χ3v) is 2.46. The fraction of sp³-hybridized carbons (Fsp3) is 0.800. The molecule has 7 heteroatoms. The summed E-state index contributed by atoms with van der Waals surface area (Å²) in [6.45, 7) is 3.79. The molecular weight excluding hydrogens is 237 g/mol. The fourth-order valence-electron chi connectivity index (χ4n) is 1.65. The lowest BCUT2D eigenvalue weighted by Crippen LogP contribution is -2.59. The highest BCUT2D eigenvalue weighted by Gasteiger charge is 2.42. The van der Waals surface area contributed by atoms with Crippen molar-refractivity contribution in [3.63, 3.8) is 0 Å². The molecule has 0 atom stereocenters. The van der Waals surface area contributed by atoms with Crippen molar-refractivity contribution in [1.29, 1.82) is 0 Å². The average Bonchev–Trinajstić information content (AvgIpc) is 2.08. The summed E-state index contributed by atoms with van der Waals surface area (Å²) in [6, 6.07) is -0.869. The molecule has 0 aliphatic carbocycles. The molecule has 17 heavy (non-hydrogen) atoms. The number of nitrogens with zero attached hydrogens (tertiary/aromatic N) is 2. The molecule has 0 aromatic heterocycles. The van der Waals surface area contributed by atoms with Crippen molar-refractivity contribution >= 4 is 11.9 Å². The van der Waals surface area contributed by atoms with Crippen LogP contribution in [0.5, 0.6) is 0 Å². The van der Waals surface area contributed by atoms with E-state index in [9.17, 15) is 22.8 Å². The second-order valence-corrected chi connectivity index (χ2v) is 4.95. The van der Waals surface area contributed by atoms with Crippen LogP contribution in [0, 0.1) is 0 Å². The van der Waals surface area contributed by atoms with Gasteiger partial charge in [-0.25, -0.2) is 4.79 Å². The molecule has 1 aliphatic rings. The van der Waals surface area contributed by atoms with Crippen LogP contribution in [-0.2, 0) is 4.79 Å². The van der Waals surface area contributed by atoms with Crippen molar-refractivity contribution in [3.8, 4) is 0 Å². The van der Waals surface area contributed by atoms with Crippen molar-refractivity contribution in [2.75, 3.05) is 13.1 Å². The second-order valence-electron chi connectivity index (χ2n) is 4.95. The van der Waals surface area contributed by atoms with E-state index in [4.69, 9.17) is 0 Å². The number of carbonyl (C=O) groups excluding carboxylic acids is 2. The maximum Gasteiger partial charge on any atom is 0.406 e. The van der Waals surface area contributed by atoms with Crippen LogP contribution < -0.4 is 0 Å². The van der Waals surface area contributed by atoms with Gasteiger partial charge in [0.05, 0.1) is 0 Å². The lowest BCUT2D eigenvalue weighted by molar-refractivity contribution is -0.159. The summed E-state index contributed by atoms with van der Waals surface area (Å²) in [6.07, 6.45) is -4.63. The van der Waals surface area contributed by atoms with Crippen LogP contribution in [0.1, 0.15) is 27.2 Å². The number of amides is 3. The zero-order chi connectivity index (χ0) is 13.4. The van der Waals surface area contributed by atoms with Crippen LogP contribution in [-0.4, -0.2) is 46.5 Å². The van der Waals surface area contributed by atoms with Crippen molar-refractivity contribution < 1.29 is 22.8 Å². The van der Waals surface area contributed by atoms with Gasteiger partial charge in [0.25, 0.3) is 0 Å². The lowest BCUT2D eigenvalue weighted by atomic mass is 10.0. The van der Waals surface area contributed by atoms with E-state index in [0.29, 0.717) is 0 Å². The smallest absolute Gasteiger partial charge is 0.319 e. The fourth-order valence-corrected chi connectivity index (χ4v) is 1.65. The maximum atomic E-state index is 12.2. The molecule has 0 bridgehead atoms. The number of hydrogen-bond donors (Lipinski definition) is 0. The molecule has 0 N–H and O–H groups in total. The topological polar surface area (TPSA) is 40.6 Å². The Hall–Kier alpha value is -1.27. The normalized spacial score (nSPS) is 18.9. The Morgan fingerprint density at radius 1 is 1.18 bits per heavy atom. The zero-order valence-electron chi connectivity index (χ0n) is 9.97. The first-order chi connectivity index (χ1) is 7.52. The monoisotopic (exact) mass is 252 g/mol. The molecule has 0 unspecified atom stereocenters. The number of imide groups is 1. The summed E-state index contributed by atoms with van der Waals surface area (Å²) in [5, 5.41) is 0. The van der Waals surface area contributed by atoms with E-state index in [1.807, 2.05) is 0 Å². The number of urea groups is 1. The van der Waals surface area contributed by atoms with Gasteiger partial charge in [0, 0.05) is 18.5 Å². The number of rotatable bonds is 1. The SMILES string of the molecule is CC(C)(C)N1CCC(=O)N(CC(F)(F)F)C1=O. The van der Waals surface area contributed by atoms with Crippen LogP contribution in [0.15, 0.2) is 0 Å². The third kappa shape index (κ3) is 3.34. The first-order valence-electron chi connectivity index (χ1n) is 5.21. The number of halogens is 3. The summed E-state index contributed by atoms with van der Waals surface area (Å²) in [5.41, 5.74) is -0.596. The molecule has 0 saturated carbocycles. The van der Waals surface area contributed by atoms with Gasteiger partial charge in [0.15, 0.2) is 0 Å². The van der Waals surface area contributed by atoms with Gasteiger partial charge < -0.3 is 4.90 Å². The summed E-state index contributed by atoms with van der Waals surface area (Å²) in [7, 11) is 0. The second kappa shape index (κ2) is 4.19. The van der Waals surface area contributed by atoms with E-state index < -0.39 is 30.2 Å². The van der Waals surface area contributed by atoms with E-state index in [1.54, 1.807) is 20.8 Å². The Bertz CT molecular complexity index is 333. The van der Waals surface area contributed by atoms with Crippen molar-refractivity contribution in [2.24, 2.45) is 0 Å².